The van der Waals surface area contributed by atoms with Gasteiger partial charge in [-0.2, -0.15) is 9.83 Å². The maximum Gasteiger partial charge on any atom is 0.212 e. The van der Waals surface area contributed by atoms with Crippen molar-refractivity contribution in [1.29, 1.82) is 5.26 Å². The fraction of sp³-hybridized carbons (Fsp3) is 0.407. The second-order valence-electron chi connectivity index (χ2n) is 8.52. The van der Waals surface area contributed by atoms with Gasteiger partial charge in [-0.25, -0.2) is 0 Å². The molecule has 1 fully saturated rings. The van der Waals surface area contributed by atoms with Crippen molar-refractivity contribution in [2.45, 2.75) is 74.1 Å². The molecule has 2 aromatic carbocycles. The van der Waals surface area contributed by atoms with E-state index in [0.717, 1.165) is 12.5 Å². The summed E-state index contributed by atoms with van der Waals surface area (Å²) in [6, 6.07) is 21.0. The van der Waals surface area contributed by atoms with E-state index in [1.54, 1.807) is 11.8 Å². The van der Waals surface area contributed by atoms with Crippen LogP contribution in [0, 0.1) is 17.2 Å². The zero-order valence-electron chi connectivity index (χ0n) is 18.1. The molecular formula is C27H31IN2S. The van der Waals surface area contributed by atoms with Crippen molar-refractivity contribution < 1.29 is 28.5 Å². The molecule has 1 aliphatic carbocycles. The number of benzene rings is 2. The molecule has 0 aliphatic heterocycles. The third-order valence-corrected chi connectivity index (χ3v) is 7.25. The van der Waals surface area contributed by atoms with Crippen LogP contribution in [0.3, 0.4) is 0 Å². The van der Waals surface area contributed by atoms with Crippen molar-refractivity contribution in [3.63, 3.8) is 0 Å². The van der Waals surface area contributed by atoms with Crippen LogP contribution < -0.4 is 28.5 Å². The molecule has 1 aliphatic rings. The molecule has 0 unspecified atom stereocenters. The van der Waals surface area contributed by atoms with Crippen molar-refractivity contribution in [3.05, 3.63) is 66.4 Å². The van der Waals surface area contributed by atoms with Crippen molar-refractivity contribution in [2.75, 3.05) is 0 Å². The Balaban J connectivity index is 0.00000272. The normalized spacial score (nSPS) is 14.2. The van der Waals surface area contributed by atoms with Gasteiger partial charge in [0, 0.05) is 22.8 Å². The Morgan fingerprint density at radius 1 is 0.903 bits per heavy atom. The summed E-state index contributed by atoms with van der Waals surface area (Å²) >= 11 is 1.77. The van der Waals surface area contributed by atoms with E-state index in [2.05, 4.69) is 47.2 Å². The number of para-hydroxylation sites is 1. The Bertz CT molecular complexity index is 1000. The molecule has 0 N–H and O–H groups in total. The van der Waals surface area contributed by atoms with Crippen LogP contribution in [0.25, 0.3) is 10.9 Å². The molecule has 1 aromatic heterocycles. The number of hydrogen-bond donors (Lipinski definition) is 0. The molecule has 4 rings (SSSR count). The first-order valence-electron chi connectivity index (χ1n) is 11.4. The maximum absolute atomic E-state index is 9.01. The molecule has 0 atom stereocenters. The second kappa shape index (κ2) is 12.5. The highest BCUT2D eigenvalue weighted by Crippen LogP contribution is 2.29. The number of pyridine rings is 1. The SMILES string of the molecule is N#Cc1ccc(Sc2cc3ccccc3[n+](CCCCCC3CCCCC3)c2)cc1.[I-]. The molecule has 0 spiro atoms. The lowest BCUT2D eigenvalue weighted by Gasteiger charge is -2.21. The second-order valence-corrected chi connectivity index (χ2v) is 9.67. The summed E-state index contributed by atoms with van der Waals surface area (Å²) in [6.45, 7) is 1.08. The quantitative estimate of drug-likeness (QED) is 0.241. The highest BCUT2D eigenvalue weighted by atomic mass is 127. The highest BCUT2D eigenvalue weighted by Gasteiger charge is 2.14. The van der Waals surface area contributed by atoms with E-state index in [0.29, 0.717) is 5.56 Å². The molecule has 2 nitrogen and oxygen atoms in total. The Hall–Kier alpha value is -1.58. The minimum Gasteiger partial charge on any atom is -1.00 e. The molecule has 1 heterocycles. The topological polar surface area (TPSA) is 27.7 Å². The first kappa shape index (κ1) is 24.1. The number of nitrogens with zero attached hydrogens (tertiary/aromatic N) is 2. The van der Waals surface area contributed by atoms with Crippen LogP contribution in [0.5, 0.6) is 0 Å². The summed E-state index contributed by atoms with van der Waals surface area (Å²) in [5.74, 6) is 0.999. The lowest BCUT2D eigenvalue weighted by Crippen LogP contribution is -3.00. The lowest BCUT2D eigenvalue weighted by atomic mass is 9.85. The van der Waals surface area contributed by atoms with Crippen LogP contribution in [0.4, 0.5) is 0 Å². The van der Waals surface area contributed by atoms with Gasteiger partial charge in [-0.05, 0) is 48.7 Å². The Kier molecular flexibility index (Phi) is 9.67. The predicted molar refractivity (Wildman–Crippen MR) is 124 cm³/mol. The van der Waals surface area contributed by atoms with E-state index >= 15 is 0 Å². The molecule has 1 saturated carbocycles. The molecule has 0 amide bonds. The maximum atomic E-state index is 9.01. The summed E-state index contributed by atoms with van der Waals surface area (Å²) in [7, 11) is 0. The van der Waals surface area contributed by atoms with E-state index in [1.165, 1.54) is 78.5 Å². The largest absolute Gasteiger partial charge is 1.00 e. The number of unbranched alkanes of at least 4 members (excludes halogenated alkanes) is 2. The minimum absolute atomic E-state index is 0. The summed E-state index contributed by atoms with van der Waals surface area (Å²) in [6.07, 6.45) is 15.0. The van der Waals surface area contributed by atoms with E-state index in [4.69, 9.17) is 5.26 Å². The van der Waals surface area contributed by atoms with E-state index in [9.17, 15) is 0 Å². The zero-order chi connectivity index (χ0) is 20.6. The standard InChI is InChI=1S/C27H31N2S.HI/c28-20-23-14-16-25(17-15-23)30-26-19-24-12-6-7-13-27(24)29(21-26)18-8-2-5-11-22-9-3-1-4-10-22;/h6-7,12-17,19,21-22H,1-5,8-11,18H2;1H/q+1;/p-1. The van der Waals surface area contributed by atoms with Crippen molar-refractivity contribution in [1.82, 2.24) is 0 Å². The van der Waals surface area contributed by atoms with Crippen LogP contribution in [0.1, 0.15) is 63.4 Å². The van der Waals surface area contributed by atoms with Crippen LogP contribution in [-0.4, -0.2) is 0 Å². The van der Waals surface area contributed by atoms with Gasteiger partial charge in [-0.15, -0.1) is 0 Å². The van der Waals surface area contributed by atoms with Gasteiger partial charge >= 0.3 is 0 Å². The number of aromatic nitrogens is 1. The summed E-state index contributed by atoms with van der Waals surface area (Å²) in [5.41, 5.74) is 2.02. The summed E-state index contributed by atoms with van der Waals surface area (Å²) in [5, 5.41) is 10.3. The lowest BCUT2D eigenvalue weighted by molar-refractivity contribution is -0.673. The van der Waals surface area contributed by atoms with Gasteiger partial charge in [-0.1, -0.05) is 68.8 Å². The number of hydrogen-bond acceptors (Lipinski definition) is 2. The average Bonchev–Trinajstić information content (AvgIpc) is 2.80. The number of halogens is 1. The van der Waals surface area contributed by atoms with Gasteiger partial charge in [0.1, 0.15) is 6.54 Å². The summed E-state index contributed by atoms with van der Waals surface area (Å²) in [4.78, 5) is 2.42. The Labute approximate surface area is 208 Å². The molecule has 0 saturated heterocycles. The fourth-order valence-corrected chi connectivity index (χ4v) is 5.54. The number of fused-ring (bicyclic) bond motifs is 1. The van der Waals surface area contributed by atoms with E-state index in [-0.39, 0.29) is 24.0 Å². The van der Waals surface area contributed by atoms with E-state index in [1.807, 2.05) is 24.3 Å². The first-order valence-corrected chi connectivity index (χ1v) is 12.2. The number of nitriles is 1. The van der Waals surface area contributed by atoms with Gasteiger partial charge in [0.15, 0.2) is 6.20 Å². The molecule has 0 radical (unpaired) electrons. The Morgan fingerprint density at radius 2 is 1.68 bits per heavy atom. The molecule has 0 bridgehead atoms. The fourth-order valence-electron chi connectivity index (χ4n) is 4.63. The van der Waals surface area contributed by atoms with Gasteiger partial charge in [-0.3, -0.25) is 0 Å². The molecule has 3 aromatic rings. The number of aryl methyl sites for hydroxylation is 1. The molecular weight excluding hydrogens is 511 g/mol. The smallest absolute Gasteiger partial charge is 0.212 e. The van der Waals surface area contributed by atoms with Crippen LogP contribution in [-0.2, 0) is 6.54 Å². The van der Waals surface area contributed by atoms with Gasteiger partial charge in [0.05, 0.1) is 16.5 Å². The van der Waals surface area contributed by atoms with E-state index < -0.39 is 0 Å². The van der Waals surface area contributed by atoms with Gasteiger partial charge < -0.3 is 24.0 Å². The van der Waals surface area contributed by atoms with Crippen LogP contribution >= 0.6 is 11.8 Å². The molecule has 31 heavy (non-hydrogen) atoms. The van der Waals surface area contributed by atoms with Crippen molar-refractivity contribution >= 4 is 22.7 Å². The van der Waals surface area contributed by atoms with Gasteiger partial charge in [0.2, 0.25) is 5.52 Å². The Morgan fingerprint density at radius 3 is 2.45 bits per heavy atom. The number of rotatable bonds is 8. The molecule has 4 heteroatoms. The predicted octanol–water partition coefficient (Wildman–Crippen LogP) is 4.29. The van der Waals surface area contributed by atoms with Crippen LogP contribution in [0.2, 0.25) is 0 Å². The zero-order valence-corrected chi connectivity index (χ0v) is 21.1. The third kappa shape index (κ3) is 6.95. The first-order chi connectivity index (χ1) is 14.8. The average molecular weight is 543 g/mol. The minimum atomic E-state index is 0. The summed E-state index contributed by atoms with van der Waals surface area (Å²) < 4.78 is 2.43. The van der Waals surface area contributed by atoms with Crippen molar-refractivity contribution in [2.24, 2.45) is 5.92 Å². The highest BCUT2D eigenvalue weighted by molar-refractivity contribution is 7.99. The third-order valence-electron chi connectivity index (χ3n) is 6.28. The van der Waals surface area contributed by atoms with Gasteiger partial charge in [0.25, 0.3) is 0 Å². The van der Waals surface area contributed by atoms with Crippen molar-refractivity contribution in [3.8, 4) is 6.07 Å². The van der Waals surface area contributed by atoms with Crippen LogP contribution in [0.15, 0.2) is 70.6 Å². The monoisotopic (exact) mass is 542 g/mol. The molecule has 162 valence electrons.